The molecule has 1 fully saturated rings. The summed E-state index contributed by atoms with van der Waals surface area (Å²) in [7, 11) is 0. The molecular weight excluding hydrogens is 278 g/mol. The molecule has 120 valence electrons. The van der Waals surface area contributed by atoms with Gasteiger partial charge in [0.2, 0.25) is 0 Å². The van der Waals surface area contributed by atoms with Crippen molar-refractivity contribution in [3.05, 3.63) is 29.6 Å². The highest BCUT2D eigenvalue weighted by Gasteiger charge is 2.29. The zero-order chi connectivity index (χ0) is 15.5. The van der Waals surface area contributed by atoms with Gasteiger partial charge >= 0.3 is 6.09 Å². The van der Waals surface area contributed by atoms with Crippen LogP contribution < -0.4 is 5.73 Å². The third kappa shape index (κ3) is 3.24. The molecule has 0 bridgehead atoms. The van der Waals surface area contributed by atoms with E-state index in [1.165, 1.54) is 0 Å². The van der Waals surface area contributed by atoms with Crippen LogP contribution in [0.3, 0.4) is 0 Å². The van der Waals surface area contributed by atoms with Crippen LogP contribution in [0.15, 0.2) is 18.3 Å². The Morgan fingerprint density at radius 1 is 1.32 bits per heavy atom. The predicted octanol–water partition coefficient (Wildman–Crippen LogP) is 3.17. The lowest BCUT2D eigenvalue weighted by molar-refractivity contribution is 0.0479. The summed E-state index contributed by atoms with van der Waals surface area (Å²) >= 11 is 0. The van der Waals surface area contributed by atoms with Crippen molar-refractivity contribution in [2.75, 3.05) is 13.1 Å². The van der Waals surface area contributed by atoms with Crippen molar-refractivity contribution in [3.8, 4) is 0 Å². The first-order valence-corrected chi connectivity index (χ1v) is 8.31. The number of piperidine rings is 1. The third-order valence-corrected chi connectivity index (χ3v) is 4.84. The fourth-order valence-corrected chi connectivity index (χ4v) is 3.33. The highest BCUT2D eigenvalue weighted by Crippen LogP contribution is 2.34. The van der Waals surface area contributed by atoms with Gasteiger partial charge in [0.25, 0.3) is 0 Å². The molecule has 1 aromatic heterocycles. The smallest absolute Gasteiger partial charge is 0.410 e. The topological polar surface area (TPSA) is 68.5 Å². The van der Waals surface area contributed by atoms with Crippen LogP contribution in [0.25, 0.3) is 0 Å². The van der Waals surface area contributed by atoms with Gasteiger partial charge in [-0.05, 0) is 49.7 Å². The van der Waals surface area contributed by atoms with E-state index in [0.29, 0.717) is 5.92 Å². The highest BCUT2D eigenvalue weighted by atomic mass is 16.6. The first-order chi connectivity index (χ1) is 10.6. The molecule has 2 unspecified atom stereocenters. The Balaban J connectivity index is 1.71. The monoisotopic (exact) mass is 303 g/mol. The van der Waals surface area contributed by atoms with E-state index in [4.69, 9.17) is 10.5 Å². The molecule has 2 N–H and O–H groups in total. The van der Waals surface area contributed by atoms with Crippen LogP contribution in [0.4, 0.5) is 4.79 Å². The van der Waals surface area contributed by atoms with Crippen LogP contribution in [0, 0.1) is 5.92 Å². The zero-order valence-corrected chi connectivity index (χ0v) is 13.2. The van der Waals surface area contributed by atoms with Gasteiger partial charge in [-0.3, -0.25) is 4.98 Å². The van der Waals surface area contributed by atoms with E-state index in [1.54, 1.807) is 6.20 Å². The fourth-order valence-electron chi connectivity index (χ4n) is 3.33. The summed E-state index contributed by atoms with van der Waals surface area (Å²) in [4.78, 5) is 18.7. The number of pyridine rings is 1. The molecule has 5 nitrogen and oxygen atoms in total. The van der Waals surface area contributed by atoms with Crippen LogP contribution in [-0.4, -0.2) is 29.1 Å². The van der Waals surface area contributed by atoms with E-state index < -0.39 is 0 Å². The van der Waals surface area contributed by atoms with Gasteiger partial charge in [0.15, 0.2) is 0 Å². The van der Waals surface area contributed by atoms with E-state index in [1.807, 2.05) is 17.0 Å². The molecule has 0 saturated carbocycles. The maximum atomic E-state index is 12.4. The molecule has 2 atom stereocenters. The van der Waals surface area contributed by atoms with Crippen LogP contribution in [-0.2, 0) is 4.74 Å². The van der Waals surface area contributed by atoms with E-state index in [-0.39, 0.29) is 18.2 Å². The normalized spacial score (nSPS) is 26.2. The zero-order valence-electron chi connectivity index (χ0n) is 13.2. The molecule has 3 rings (SSSR count). The lowest BCUT2D eigenvalue weighted by Gasteiger charge is -2.31. The van der Waals surface area contributed by atoms with Gasteiger partial charge in [-0.25, -0.2) is 4.79 Å². The lowest BCUT2D eigenvalue weighted by atomic mass is 10.00. The van der Waals surface area contributed by atoms with Crippen molar-refractivity contribution in [2.24, 2.45) is 11.7 Å². The molecule has 1 saturated heterocycles. The summed E-state index contributed by atoms with van der Waals surface area (Å²) < 4.78 is 5.79. The van der Waals surface area contributed by atoms with Gasteiger partial charge in [0, 0.05) is 25.3 Å². The number of rotatable bonds is 1. The summed E-state index contributed by atoms with van der Waals surface area (Å²) in [5.41, 5.74) is 8.06. The molecule has 2 heterocycles. The number of nitrogens with two attached hydrogens (primary N) is 1. The summed E-state index contributed by atoms with van der Waals surface area (Å²) in [6.07, 6.45) is 6.05. The Morgan fingerprint density at radius 2 is 2.09 bits per heavy atom. The van der Waals surface area contributed by atoms with E-state index in [0.717, 1.165) is 56.5 Å². The summed E-state index contributed by atoms with van der Waals surface area (Å²) in [6, 6.07) is 3.89. The predicted molar refractivity (Wildman–Crippen MR) is 84.2 cm³/mol. The first-order valence-electron chi connectivity index (χ1n) is 8.31. The van der Waals surface area contributed by atoms with Gasteiger partial charge in [0.05, 0.1) is 5.69 Å². The number of likely N-dealkylation sites (tertiary alicyclic amines) is 1. The Bertz CT molecular complexity index is 526. The molecule has 1 aromatic rings. The minimum atomic E-state index is -0.267. The average Bonchev–Trinajstić information content (AvgIpc) is 2.68. The number of nitrogens with zero attached hydrogens (tertiary/aromatic N) is 2. The second-order valence-electron chi connectivity index (χ2n) is 6.56. The van der Waals surface area contributed by atoms with Crippen molar-refractivity contribution in [3.63, 3.8) is 0 Å². The Morgan fingerprint density at radius 3 is 2.86 bits per heavy atom. The van der Waals surface area contributed by atoms with Gasteiger partial charge in [-0.15, -0.1) is 0 Å². The van der Waals surface area contributed by atoms with Crippen molar-refractivity contribution >= 4 is 6.09 Å². The van der Waals surface area contributed by atoms with Crippen LogP contribution in [0.1, 0.15) is 62.4 Å². The van der Waals surface area contributed by atoms with Crippen molar-refractivity contribution < 1.29 is 9.53 Å². The SMILES string of the molecule is CC1CCN(C(=O)OC2CCCC(N)c3cccnc32)CC1. The number of fused-ring (bicyclic) bond motifs is 1. The highest BCUT2D eigenvalue weighted by molar-refractivity contribution is 5.68. The molecule has 0 radical (unpaired) electrons. The summed E-state index contributed by atoms with van der Waals surface area (Å²) in [5, 5.41) is 0. The lowest BCUT2D eigenvalue weighted by Crippen LogP contribution is -2.38. The van der Waals surface area contributed by atoms with Crippen LogP contribution in [0.5, 0.6) is 0 Å². The first kappa shape index (κ1) is 15.3. The van der Waals surface area contributed by atoms with E-state index >= 15 is 0 Å². The molecular formula is C17H25N3O2. The quantitative estimate of drug-likeness (QED) is 0.809. The number of carbonyl (C=O) groups excluding carboxylic acids is 1. The second kappa shape index (κ2) is 6.65. The molecule has 1 amide bonds. The largest absolute Gasteiger partial charge is 0.440 e. The van der Waals surface area contributed by atoms with Gasteiger partial charge in [-0.2, -0.15) is 0 Å². The van der Waals surface area contributed by atoms with Crippen molar-refractivity contribution in [1.29, 1.82) is 0 Å². The van der Waals surface area contributed by atoms with Crippen molar-refractivity contribution in [2.45, 2.75) is 51.2 Å². The van der Waals surface area contributed by atoms with Crippen molar-refractivity contribution in [1.82, 2.24) is 9.88 Å². The standard InChI is InChI=1S/C17H25N3O2/c1-12-7-10-20(11-8-12)17(21)22-15-6-2-5-14(18)13-4-3-9-19-16(13)15/h3-4,9,12,14-15H,2,5-8,10-11,18H2,1H3. The molecule has 1 aliphatic heterocycles. The number of amides is 1. The molecule has 0 spiro atoms. The number of ether oxygens (including phenoxy) is 1. The molecule has 1 aliphatic carbocycles. The van der Waals surface area contributed by atoms with Gasteiger partial charge < -0.3 is 15.4 Å². The maximum Gasteiger partial charge on any atom is 0.410 e. The average molecular weight is 303 g/mol. The van der Waals surface area contributed by atoms with Crippen LogP contribution >= 0.6 is 0 Å². The Hall–Kier alpha value is -1.62. The molecule has 22 heavy (non-hydrogen) atoms. The molecule has 0 aromatic carbocycles. The van der Waals surface area contributed by atoms with Gasteiger partial charge in [-0.1, -0.05) is 13.0 Å². The minimum Gasteiger partial charge on any atom is -0.440 e. The summed E-state index contributed by atoms with van der Waals surface area (Å²) in [5.74, 6) is 0.697. The molecule has 2 aliphatic rings. The van der Waals surface area contributed by atoms with Crippen LogP contribution in [0.2, 0.25) is 0 Å². The fraction of sp³-hybridized carbons (Fsp3) is 0.647. The maximum absolute atomic E-state index is 12.4. The summed E-state index contributed by atoms with van der Waals surface area (Å²) in [6.45, 7) is 3.82. The molecule has 5 heteroatoms. The third-order valence-electron chi connectivity index (χ3n) is 4.84. The number of carbonyl (C=O) groups is 1. The number of aromatic nitrogens is 1. The number of hydrogen-bond acceptors (Lipinski definition) is 4. The van der Waals surface area contributed by atoms with E-state index in [9.17, 15) is 4.79 Å². The second-order valence-corrected chi connectivity index (χ2v) is 6.56. The van der Waals surface area contributed by atoms with Gasteiger partial charge in [0.1, 0.15) is 6.10 Å². The Labute approximate surface area is 131 Å². The minimum absolute atomic E-state index is 0.0109. The Kier molecular flexibility index (Phi) is 4.62. The number of hydrogen-bond donors (Lipinski definition) is 1. The van der Waals surface area contributed by atoms with E-state index in [2.05, 4.69) is 11.9 Å².